The van der Waals surface area contributed by atoms with E-state index in [1.54, 1.807) is 12.1 Å². The lowest BCUT2D eigenvalue weighted by Gasteiger charge is -2.26. The summed E-state index contributed by atoms with van der Waals surface area (Å²) in [6.45, 7) is 8.59. The van der Waals surface area contributed by atoms with Gasteiger partial charge in [-0.3, -0.25) is 4.99 Å². The largest absolute Gasteiger partial charge is 0.357 e. The van der Waals surface area contributed by atoms with Crippen molar-refractivity contribution in [1.29, 1.82) is 0 Å². The molecule has 0 bridgehead atoms. The summed E-state index contributed by atoms with van der Waals surface area (Å²) in [5.41, 5.74) is 0.956. The van der Waals surface area contributed by atoms with Gasteiger partial charge < -0.3 is 15.5 Å². The van der Waals surface area contributed by atoms with E-state index < -0.39 is 0 Å². The zero-order chi connectivity index (χ0) is 16.5. The molecule has 0 aliphatic heterocycles. The number of benzene rings is 1. The maximum absolute atomic E-state index is 13.4. The third-order valence-corrected chi connectivity index (χ3v) is 3.28. The Morgan fingerprint density at radius 2 is 2.00 bits per heavy atom. The van der Waals surface area contributed by atoms with E-state index in [0.717, 1.165) is 24.6 Å². The van der Waals surface area contributed by atoms with Crippen molar-refractivity contribution in [2.75, 3.05) is 33.7 Å². The van der Waals surface area contributed by atoms with Gasteiger partial charge >= 0.3 is 0 Å². The topological polar surface area (TPSA) is 39.7 Å². The van der Waals surface area contributed by atoms with E-state index in [9.17, 15) is 4.39 Å². The summed E-state index contributed by atoms with van der Waals surface area (Å²) in [5.74, 6) is 1.12. The summed E-state index contributed by atoms with van der Waals surface area (Å²) in [5, 5.41) is 6.59. The highest BCUT2D eigenvalue weighted by molar-refractivity contribution is 5.79. The van der Waals surface area contributed by atoms with Gasteiger partial charge in [0.2, 0.25) is 0 Å². The third kappa shape index (κ3) is 6.43. The van der Waals surface area contributed by atoms with Crippen LogP contribution in [0.25, 0.3) is 0 Å². The van der Waals surface area contributed by atoms with Crippen LogP contribution in [-0.2, 0) is 0 Å². The molecule has 4 nitrogen and oxygen atoms in total. The molecular formula is C17H29FN4. The predicted molar refractivity (Wildman–Crippen MR) is 91.6 cm³/mol. The van der Waals surface area contributed by atoms with Crippen LogP contribution in [0.3, 0.4) is 0 Å². The molecule has 0 amide bonds. The monoisotopic (exact) mass is 308 g/mol. The van der Waals surface area contributed by atoms with Crippen LogP contribution < -0.4 is 10.6 Å². The third-order valence-electron chi connectivity index (χ3n) is 3.28. The zero-order valence-corrected chi connectivity index (χ0v) is 14.4. The van der Waals surface area contributed by atoms with Crippen LogP contribution in [0.15, 0.2) is 29.3 Å². The molecule has 0 radical (unpaired) electrons. The number of guanidine groups is 1. The maximum Gasteiger partial charge on any atom is 0.191 e. The minimum Gasteiger partial charge on any atom is -0.357 e. The number of rotatable bonds is 7. The molecule has 0 fully saturated rings. The first-order chi connectivity index (χ1) is 10.4. The van der Waals surface area contributed by atoms with E-state index in [1.807, 2.05) is 27.1 Å². The molecule has 1 atom stereocenters. The van der Waals surface area contributed by atoms with E-state index in [0.29, 0.717) is 12.5 Å². The molecule has 0 saturated heterocycles. The highest BCUT2D eigenvalue weighted by Gasteiger charge is 2.15. The van der Waals surface area contributed by atoms with E-state index in [2.05, 4.69) is 34.4 Å². The highest BCUT2D eigenvalue weighted by Crippen LogP contribution is 2.18. The fraction of sp³-hybridized carbons (Fsp3) is 0.588. The summed E-state index contributed by atoms with van der Waals surface area (Å²) in [6.07, 6.45) is 0. The van der Waals surface area contributed by atoms with E-state index in [-0.39, 0.29) is 11.9 Å². The van der Waals surface area contributed by atoms with Gasteiger partial charge in [0.15, 0.2) is 5.96 Å². The predicted octanol–water partition coefficient (Wildman–Crippen LogP) is 2.64. The standard InChI is InChI=1S/C17H29FN4/c1-6-19-17(20-11-13(2)3)21-12-16(22(4)5)14-8-7-9-15(18)10-14/h7-10,13,16H,6,11-12H2,1-5H3,(H2,19,20,21). The Hall–Kier alpha value is -1.62. The van der Waals surface area contributed by atoms with Crippen LogP contribution in [0.1, 0.15) is 32.4 Å². The molecule has 0 heterocycles. The van der Waals surface area contributed by atoms with Crippen molar-refractivity contribution >= 4 is 5.96 Å². The Bertz CT molecular complexity index is 471. The Morgan fingerprint density at radius 1 is 1.27 bits per heavy atom. The Morgan fingerprint density at radius 3 is 2.55 bits per heavy atom. The van der Waals surface area contributed by atoms with Crippen LogP contribution in [0, 0.1) is 11.7 Å². The molecule has 5 heteroatoms. The fourth-order valence-corrected chi connectivity index (χ4v) is 2.12. The molecule has 0 aliphatic rings. The molecule has 0 saturated carbocycles. The molecule has 0 spiro atoms. The Labute approximate surface area is 133 Å². The lowest BCUT2D eigenvalue weighted by atomic mass is 10.1. The molecular weight excluding hydrogens is 279 g/mol. The normalized spacial score (nSPS) is 13.5. The number of nitrogens with one attached hydrogen (secondary N) is 2. The number of hydrogen-bond donors (Lipinski definition) is 2. The maximum atomic E-state index is 13.4. The Balaban J connectivity index is 2.76. The van der Waals surface area contributed by atoms with E-state index in [1.165, 1.54) is 6.07 Å². The average molecular weight is 308 g/mol. The van der Waals surface area contributed by atoms with Crippen LogP contribution in [0.4, 0.5) is 4.39 Å². The summed E-state index contributed by atoms with van der Waals surface area (Å²) in [7, 11) is 3.99. The zero-order valence-electron chi connectivity index (χ0n) is 14.4. The van der Waals surface area contributed by atoms with Gasteiger partial charge in [0.25, 0.3) is 0 Å². The number of halogens is 1. The minimum atomic E-state index is -0.204. The summed E-state index contributed by atoms with van der Waals surface area (Å²) in [4.78, 5) is 6.63. The van der Waals surface area contributed by atoms with Crippen LogP contribution in [0.5, 0.6) is 0 Å². The van der Waals surface area contributed by atoms with Gasteiger partial charge in [-0.05, 0) is 44.6 Å². The molecule has 0 aromatic heterocycles. The van der Waals surface area contributed by atoms with Gasteiger partial charge in [0.05, 0.1) is 6.04 Å². The molecule has 0 aliphatic carbocycles. The minimum absolute atomic E-state index is 0.0820. The van der Waals surface area contributed by atoms with Crippen molar-refractivity contribution in [3.8, 4) is 0 Å². The number of likely N-dealkylation sites (N-methyl/N-ethyl adjacent to an activating group) is 1. The van der Waals surface area contributed by atoms with Crippen LogP contribution in [-0.4, -0.2) is 44.6 Å². The second kappa shape index (κ2) is 9.41. The Kier molecular flexibility index (Phi) is 7.88. The molecule has 1 aromatic carbocycles. The van der Waals surface area contributed by atoms with Crippen molar-refractivity contribution in [2.24, 2.45) is 10.9 Å². The van der Waals surface area contributed by atoms with E-state index >= 15 is 0 Å². The van der Waals surface area contributed by atoms with Crippen molar-refractivity contribution in [2.45, 2.75) is 26.8 Å². The van der Waals surface area contributed by atoms with Gasteiger partial charge in [-0.2, -0.15) is 0 Å². The molecule has 1 rings (SSSR count). The first-order valence-electron chi connectivity index (χ1n) is 7.88. The first kappa shape index (κ1) is 18.4. The average Bonchev–Trinajstić information content (AvgIpc) is 2.44. The summed E-state index contributed by atoms with van der Waals surface area (Å²) in [6, 6.07) is 6.84. The van der Waals surface area contributed by atoms with Gasteiger partial charge in [-0.25, -0.2) is 4.39 Å². The molecule has 124 valence electrons. The SMILES string of the molecule is CCNC(=NCC(C)C)NCC(c1cccc(F)c1)N(C)C. The number of hydrogen-bond acceptors (Lipinski definition) is 2. The van der Waals surface area contributed by atoms with Crippen molar-refractivity contribution in [3.05, 3.63) is 35.6 Å². The quantitative estimate of drug-likeness (QED) is 0.601. The van der Waals surface area contributed by atoms with E-state index in [4.69, 9.17) is 0 Å². The second-order valence-corrected chi connectivity index (χ2v) is 6.03. The van der Waals surface area contributed by atoms with Gasteiger partial charge in [0, 0.05) is 19.6 Å². The first-order valence-corrected chi connectivity index (χ1v) is 7.88. The van der Waals surface area contributed by atoms with Gasteiger partial charge in [-0.1, -0.05) is 26.0 Å². The smallest absolute Gasteiger partial charge is 0.191 e. The fourth-order valence-electron chi connectivity index (χ4n) is 2.12. The summed E-state index contributed by atoms with van der Waals surface area (Å²) < 4.78 is 13.4. The van der Waals surface area contributed by atoms with Crippen molar-refractivity contribution < 1.29 is 4.39 Å². The van der Waals surface area contributed by atoms with Gasteiger partial charge in [-0.15, -0.1) is 0 Å². The number of nitrogens with zero attached hydrogens (tertiary/aromatic N) is 2. The molecule has 1 unspecified atom stereocenters. The second-order valence-electron chi connectivity index (χ2n) is 6.03. The molecule has 1 aromatic rings. The number of aliphatic imine (C=N–C) groups is 1. The highest BCUT2D eigenvalue weighted by atomic mass is 19.1. The van der Waals surface area contributed by atoms with Crippen molar-refractivity contribution in [1.82, 2.24) is 15.5 Å². The lowest BCUT2D eigenvalue weighted by molar-refractivity contribution is 0.297. The van der Waals surface area contributed by atoms with Crippen LogP contribution >= 0.6 is 0 Å². The molecule has 22 heavy (non-hydrogen) atoms. The van der Waals surface area contributed by atoms with Crippen molar-refractivity contribution in [3.63, 3.8) is 0 Å². The summed E-state index contributed by atoms with van der Waals surface area (Å²) >= 11 is 0. The van der Waals surface area contributed by atoms with Crippen LogP contribution in [0.2, 0.25) is 0 Å². The van der Waals surface area contributed by atoms with Gasteiger partial charge in [0.1, 0.15) is 5.82 Å². The lowest BCUT2D eigenvalue weighted by Crippen LogP contribution is -2.42. The molecule has 2 N–H and O–H groups in total.